The van der Waals surface area contributed by atoms with Crippen LogP contribution < -0.4 is 10.1 Å². The van der Waals surface area contributed by atoms with Crippen LogP contribution in [0.25, 0.3) is 0 Å². The van der Waals surface area contributed by atoms with Gasteiger partial charge >= 0.3 is 0 Å². The molecule has 5 rings (SSSR count). The molecular formula is C21H21Cl2N3O3. The van der Waals surface area contributed by atoms with Crippen molar-refractivity contribution in [3.05, 3.63) is 58.3 Å². The van der Waals surface area contributed by atoms with Gasteiger partial charge in [0.1, 0.15) is 10.9 Å². The number of pyridine rings is 1. The van der Waals surface area contributed by atoms with E-state index in [1.54, 1.807) is 36.5 Å². The van der Waals surface area contributed by atoms with E-state index in [2.05, 4.69) is 10.3 Å². The molecule has 6 nitrogen and oxygen atoms in total. The molecule has 1 saturated carbocycles. The monoisotopic (exact) mass is 433 g/mol. The summed E-state index contributed by atoms with van der Waals surface area (Å²) in [6, 6.07) is 10.6. The Morgan fingerprint density at radius 2 is 1.97 bits per heavy atom. The van der Waals surface area contributed by atoms with E-state index in [0.717, 1.165) is 12.0 Å². The summed E-state index contributed by atoms with van der Waals surface area (Å²) in [5, 5.41) is 4.15. The highest BCUT2D eigenvalue weighted by molar-refractivity contribution is 6.30. The van der Waals surface area contributed by atoms with Crippen molar-refractivity contribution in [3.8, 4) is 5.75 Å². The average Bonchev–Trinajstić information content (AvgIpc) is 3.31. The lowest BCUT2D eigenvalue weighted by atomic mass is 9.80. The topological polar surface area (TPSA) is 71.5 Å². The molecule has 2 amide bonds. The number of fused-ring (bicyclic) bond motifs is 1. The van der Waals surface area contributed by atoms with Gasteiger partial charge in [-0.15, -0.1) is 0 Å². The van der Waals surface area contributed by atoms with Gasteiger partial charge in [-0.1, -0.05) is 29.3 Å². The first-order valence-electron chi connectivity index (χ1n) is 9.57. The number of hydrogen-bond donors (Lipinski definition) is 1. The van der Waals surface area contributed by atoms with E-state index in [1.807, 2.05) is 11.0 Å². The highest BCUT2D eigenvalue weighted by atomic mass is 35.5. The molecule has 3 heterocycles. The van der Waals surface area contributed by atoms with Gasteiger partial charge in [-0.25, -0.2) is 4.98 Å². The Bertz CT molecular complexity index is 889. The van der Waals surface area contributed by atoms with Gasteiger partial charge in [0.25, 0.3) is 5.91 Å². The highest BCUT2D eigenvalue weighted by Crippen LogP contribution is 2.41. The van der Waals surface area contributed by atoms with Crippen LogP contribution in [-0.4, -0.2) is 46.9 Å². The summed E-state index contributed by atoms with van der Waals surface area (Å²) in [6.45, 7) is 0.647. The van der Waals surface area contributed by atoms with Crippen LogP contribution in [0.5, 0.6) is 5.75 Å². The maximum atomic E-state index is 12.5. The molecule has 1 N–H and O–H groups in total. The van der Waals surface area contributed by atoms with Crippen molar-refractivity contribution in [2.75, 3.05) is 13.2 Å². The lowest BCUT2D eigenvalue weighted by Crippen LogP contribution is -2.55. The van der Waals surface area contributed by atoms with Gasteiger partial charge in [0.15, 0.2) is 6.61 Å². The number of carbonyl (C=O) groups excluding carboxylic acids is 2. The smallest absolute Gasteiger partial charge is 0.260 e. The summed E-state index contributed by atoms with van der Waals surface area (Å²) >= 11 is 11.6. The van der Waals surface area contributed by atoms with Crippen molar-refractivity contribution in [1.82, 2.24) is 15.2 Å². The molecule has 1 aromatic heterocycles. The van der Waals surface area contributed by atoms with E-state index in [0.29, 0.717) is 41.2 Å². The van der Waals surface area contributed by atoms with Gasteiger partial charge in [0.2, 0.25) is 5.91 Å². The minimum absolute atomic E-state index is 0.00800. The van der Waals surface area contributed by atoms with Crippen molar-refractivity contribution < 1.29 is 14.3 Å². The van der Waals surface area contributed by atoms with Crippen LogP contribution in [0.3, 0.4) is 0 Å². The second kappa shape index (κ2) is 8.59. The summed E-state index contributed by atoms with van der Waals surface area (Å²) in [6.07, 6.45) is 3.60. The fourth-order valence-electron chi connectivity index (χ4n) is 3.95. The van der Waals surface area contributed by atoms with Crippen LogP contribution in [0, 0.1) is 5.92 Å². The van der Waals surface area contributed by atoms with Gasteiger partial charge in [-0.3, -0.25) is 9.59 Å². The van der Waals surface area contributed by atoms with Crippen LogP contribution in [0.15, 0.2) is 42.6 Å². The predicted molar refractivity (Wildman–Crippen MR) is 110 cm³/mol. The molecule has 2 saturated heterocycles. The van der Waals surface area contributed by atoms with Crippen molar-refractivity contribution in [2.24, 2.45) is 5.92 Å². The molecule has 152 valence electrons. The van der Waals surface area contributed by atoms with Gasteiger partial charge in [0.05, 0.1) is 12.1 Å². The Morgan fingerprint density at radius 3 is 2.69 bits per heavy atom. The van der Waals surface area contributed by atoms with Gasteiger partial charge in [-0.2, -0.15) is 0 Å². The summed E-state index contributed by atoms with van der Waals surface area (Å²) in [7, 11) is 0. The lowest BCUT2D eigenvalue weighted by molar-refractivity contribution is -0.134. The van der Waals surface area contributed by atoms with Gasteiger partial charge in [-0.05, 0) is 48.7 Å². The standard InChI is InChI=1S/C21H21Cl2N3O3/c22-15-3-5-16(6-4-15)29-12-20(28)26-11-14-9-17(26)21(14)25-19(27)8-2-13-1-7-18(23)24-10-13/h1,3-7,10,14,17,21H,2,8-9,11-12H2,(H,25,27)/t14-,17-,21+/m0/s1. The normalized spacial score (nSPS) is 22.1. The third-order valence-corrected chi connectivity index (χ3v) is 6.03. The number of halogens is 2. The maximum Gasteiger partial charge on any atom is 0.260 e. The third kappa shape index (κ3) is 4.65. The molecular weight excluding hydrogens is 413 g/mol. The van der Waals surface area contributed by atoms with Crippen molar-refractivity contribution in [3.63, 3.8) is 0 Å². The number of nitrogens with zero attached hydrogens (tertiary/aromatic N) is 2. The van der Waals surface area contributed by atoms with E-state index in [9.17, 15) is 9.59 Å². The number of amides is 2. The minimum atomic E-state index is -0.0589. The molecule has 1 aliphatic carbocycles. The molecule has 3 aliphatic rings. The summed E-state index contributed by atoms with van der Waals surface area (Å²) in [5.41, 5.74) is 0.970. The fraction of sp³-hybridized carbons (Fsp3) is 0.381. The summed E-state index contributed by atoms with van der Waals surface area (Å²) in [5.74, 6) is 0.860. The summed E-state index contributed by atoms with van der Waals surface area (Å²) in [4.78, 5) is 30.7. The second-order valence-corrected chi connectivity index (χ2v) is 8.26. The number of rotatable bonds is 7. The molecule has 0 unspecified atom stereocenters. The second-order valence-electron chi connectivity index (χ2n) is 7.43. The molecule has 29 heavy (non-hydrogen) atoms. The van der Waals surface area contributed by atoms with E-state index in [4.69, 9.17) is 27.9 Å². The number of hydrogen-bond acceptors (Lipinski definition) is 4. The number of nitrogens with one attached hydrogen (secondary N) is 1. The number of carbonyl (C=O) groups is 2. The fourth-order valence-corrected chi connectivity index (χ4v) is 4.19. The van der Waals surface area contributed by atoms with E-state index in [1.165, 1.54) is 0 Å². The zero-order valence-corrected chi connectivity index (χ0v) is 17.2. The first-order chi connectivity index (χ1) is 14.0. The highest BCUT2D eigenvalue weighted by Gasteiger charge is 2.54. The zero-order valence-electron chi connectivity index (χ0n) is 15.7. The molecule has 1 aromatic carbocycles. The quantitative estimate of drug-likeness (QED) is 0.680. The van der Waals surface area contributed by atoms with Crippen molar-refractivity contribution >= 4 is 35.0 Å². The Hall–Kier alpha value is -2.31. The first-order valence-corrected chi connectivity index (χ1v) is 10.3. The van der Waals surface area contributed by atoms with Crippen LogP contribution in [0.4, 0.5) is 0 Å². The third-order valence-electron chi connectivity index (χ3n) is 5.55. The van der Waals surface area contributed by atoms with E-state index in [-0.39, 0.29) is 30.5 Å². The predicted octanol–water partition coefficient (Wildman–Crippen LogP) is 3.12. The molecule has 0 radical (unpaired) electrons. The number of aromatic nitrogens is 1. The van der Waals surface area contributed by atoms with Gasteiger partial charge in [0, 0.05) is 30.1 Å². The molecule has 2 aliphatic heterocycles. The lowest BCUT2D eigenvalue weighted by Gasteiger charge is -2.36. The molecule has 3 fully saturated rings. The molecule has 0 spiro atoms. The SMILES string of the molecule is O=C(CCc1ccc(Cl)nc1)N[C@@H]1[C@H]2C[C@@H]1N(C(=O)COc1ccc(Cl)cc1)C2. The first kappa shape index (κ1) is 20.0. The summed E-state index contributed by atoms with van der Waals surface area (Å²) < 4.78 is 5.56. The van der Waals surface area contributed by atoms with E-state index >= 15 is 0 Å². The number of ether oxygens (including phenoxy) is 1. The largest absolute Gasteiger partial charge is 0.484 e. The Morgan fingerprint density at radius 1 is 1.17 bits per heavy atom. The van der Waals surface area contributed by atoms with Gasteiger partial charge < -0.3 is 15.0 Å². The maximum absolute atomic E-state index is 12.5. The van der Waals surface area contributed by atoms with Crippen LogP contribution >= 0.6 is 23.2 Å². The molecule has 2 bridgehead atoms. The number of benzene rings is 1. The Labute approximate surface area is 179 Å². The number of aryl methyl sites for hydroxylation is 1. The molecule has 2 aromatic rings. The zero-order chi connectivity index (χ0) is 20.4. The van der Waals surface area contributed by atoms with E-state index < -0.39 is 0 Å². The Balaban J connectivity index is 1.23. The van der Waals surface area contributed by atoms with Crippen molar-refractivity contribution in [1.29, 1.82) is 0 Å². The molecule has 3 atom stereocenters. The minimum Gasteiger partial charge on any atom is -0.484 e. The van der Waals surface area contributed by atoms with Crippen molar-refractivity contribution in [2.45, 2.75) is 31.3 Å². The Kier molecular flexibility index (Phi) is 5.92. The average molecular weight is 434 g/mol. The molecule has 8 heteroatoms. The van der Waals surface area contributed by atoms with Crippen LogP contribution in [-0.2, 0) is 16.0 Å². The van der Waals surface area contributed by atoms with Crippen LogP contribution in [0.1, 0.15) is 18.4 Å². The van der Waals surface area contributed by atoms with Crippen LogP contribution in [0.2, 0.25) is 10.2 Å².